The fourth-order valence-corrected chi connectivity index (χ4v) is 3.01. The molecule has 0 saturated carbocycles. The van der Waals surface area contributed by atoms with Gasteiger partial charge in [-0.3, -0.25) is 4.57 Å². The molecule has 0 aliphatic carbocycles. The molecular weight excluding hydrogens is 334 g/mol. The highest BCUT2D eigenvalue weighted by molar-refractivity contribution is 7.99. The largest absolute Gasteiger partial charge is 0.349 e. The van der Waals surface area contributed by atoms with Gasteiger partial charge in [-0.15, -0.1) is 0 Å². The first kappa shape index (κ1) is 15.9. The lowest BCUT2D eigenvalue weighted by atomic mass is 10.2. The Labute approximate surface area is 142 Å². The molecule has 0 aliphatic rings. The molecule has 0 unspecified atom stereocenters. The number of benzene rings is 1. The van der Waals surface area contributed by atoms with Crippen LogP contribution in [0.1, 0.15) is 18.9 Å². The molecule has 2 heterocycles. The lowest BCUT2D eigenvalue weighted by Crippen LogP contribution is -2.29. The zero-order valence-corrected chi connectivity index (χ0v) is 14.1. The first-order chi connectivity index (χ1) is 11.1. The number of rotatable bonds is 5. The highest BCUT2D eigenvalue weighted by Gasteiger charge is 2.14. The normalized spacial score (nSPS) is 11.2. The van der Waals surface area contributed by atoms with Gasteiger partial charge < -0.3 is 5.84 Å². The molecule has 0 saturated heterocycles. The van der Waals surface area contributed by atoms with Crippen molar-refractivity contribution in [3.8, 4) is 0 Å². The molecule has 120 valence electrons. The predicted octanol–water partition coefficient (Wildman–Crippen LogP) is 2.51. The van der Waals surface area contributed by atoms with E-state index in [0.717, 1.165) is 22.4 Å². The molecule has 0 fully saturated rings. The van der Waals surface area contributed by atoms with E-state index in [-0.39, 0.29) is 5.69 Å². The van der Waals surface area contributed by atoms with Crippen molar-refractivity contribution >= 4 is 34.5 Å². The van der Waals surface area contributed by atoms with E-state index in [0.29, 0.717) is 27.9 Å². The van der Waals surface area contributed by atoms with Gasteiger partial charge in [0, 0.05) is 10.8 Å². The Kier molecular flexibility index (Phi) is 4.58. The van der Waals surface area contributed by atoms with Crippen LogP contribution in [0.25, 0.3) is 11.2 Å². The molecule has 3 aromatic rings. The number of aromatic nitrogens is 4. The van der Waals surface area contributed by atoms with Gasteiger partial charge in [-0.05, 0) is 24.1 Å². The number of thioether (sulfide) groups is 1. The van der Waals surface area contributed by atoms with E-state index in [9.17, 15) is 4.79 Å². The zero-order chi connectivity index (χ0) is 16.4. The van der Waals surface area contributed by atoms with Crippen LogP contribution in [0.3, 0.4) is 0 Å². The number of halogens is 1. The third-order valence-corrected chi connectivity index (χ3v) is 4.69. The molecule has 1 aromatic carbocycles. The summed E-state index contributed by atoms with van der Waals surface area (Å²) in [5.74, 6) is 6.77. The van der Waals surface area contributed by atoms with Gasteiger partial charge in [-0.2, -0.15) is 0 Å². The summed E-state index contributed by atoms with van der Waals surface area (Å²) in [6.45, 7) is 2.48. The molecule has 0 aliphatic heterocycles. The predicted molar refractivity (Wildman–Crippen MR) is 93.5 cm³/mol. The van der Waals surface area contributed by atoms with Crippen molar-refractivity contribution < 1.29 is 0 Å². The second-order valence-electron chi connectivity index (χ2n) is 5.08. The van der Waals surface area contributed by atoms with Crippen LogP contribution in [-0.2, 0) is 6.54 Å². The van der Waals surface area contributed by atoms with Crippen LogP contribution in [0.5, 0.6) is 0 Å². The monoisotopic (exact) mass is 349 g/mol. The van der Waals surface area contributed by atoms with Crippen LogP contribution >= 0.6 is 23.4 Å². The van der Waals surface area contributed by atoms with Crippen molar-refractivity contribution in [3.63, 3.8) is 0 Å². The van der Waals surface area contributed by atoms with E-state index in [1.807, 2.05) is 12.1 Å². The molecule has 0 spiro atoms. The minimum absolute atomic E-state index is 0.318. The summed E-state index contributed by atoms with van der Waals surface area (Å²) in [5.41, 5.74) is 1.69. The smallest absolute Gasteiger partial charge is 0.335 e. The van der Waals surface area contributed by atoms with E-state index in [1.165, 1.54) is 0 Å². The van der Waals surface area contributed by atoms with E-state index >= 15 is 0 Å². The van der Waals surface area contributed by atoms with Gasteiger partial charge in [0.15, 0.2) is 10.8 Å². The van der Waals surface area contributed by atoms with Gasteiger partial charge in [0.1, 0.15) is 5.52 Å². The Morgan fingerprint density at radius 3 is 2.74 bits per heavy atom. The molecule has 0 radical (unpaired) electrons. The van der Waals surface area contributed by atoms with E-state index < -0.39 is 0 Å². The third kappa shape index (κ3) is 3.20. The summed E-state index contributed by atoms with van der Waals surface area (Å²) in [7, 11) is 0. The van der Waals surface area contributed by atoms with E-state index in [2.05, 4.69) is 16.9 Å². The first-order valence-corrected chi connectivity index (χ1v) is 8.57. The molecule has 2 N–H and O–H groups in total. The van der Waals surface area contributed by atoms with Gasteiger partial charge in [-0.1, -0.05) is 42.4 Å². The number of nitrogens with zero attached hydrogens (tertiary/aromatic N) is 4. The Hall–Kier alpha value is -1.99. The molecule has 2 aromatic heterocycles. The number of fused-ring (bicyclic) bond motifs is 1. The summed E-state index contributed by atoms with van der Waals surface area (Å²) in [4.78, 5) is 21.1. The summed E-state index contributed by atoms with van der Waals surface area (Å²) in [6, 6.07) is 7.34. The SMILES string of the molecule is CCCSc1ncc2c(n1)n(Cc1ccc(Cl)cc1)c(=O)n2N. The van der Waals surface area contributed by atoms with E-state index in [4.69, 9.17) is 17.4 Å². The maximum atomic E-state index is 12.4. The average Bonchev–Trinajstić information content (AvgIpc) is 2.79. The lowest BCUT2D eigenvalue weighted by molar-refractivity contribution is 0.744. The number of nitrogen functional groups attached to an aromatic ring is 1. The topological polar surface area (TPSA) is 78.7 Å². The fourth-order valence-electron chi connectivity index (χ4n) is 2.22. The number of hydrogen-bond donors (Lipinski definition) is 1. The van der Waals surface area contributed by atoms with Gasteiger partial charge in [0.05, 0.1) is 12.7 Å². The summed E-state index contributed by atoms with van der Waals surface area (Å²) in [5, 5.41) is 1.30. The molecule has 0 atom stereocenters. The summed E-state index contributed by atoms with van der Waals surface area (Å²) >= 11 is 7.46. The molecule has 23 heavy (non-hydrogen) atoms. The third-order valence-electron chi connectivity index (χ3n) is 3.37. The van der Waals surface area contributed by atoms with Gasteiger partial charge in [0.25, 0.3) is 0 Å². The maximum absolute atomic E-state index is 12.4. The molecule has 0 bridgehead atoms. The number of imidazole rings is 1. The zero-order valence-electron chi connectivity index (χ0n) is 12.6. The average molecular weight is 350 g/mol. The number of nitrogens with two attached hydrogens (primary N) is 1. The molecule has 3 rings (SSSR count). The van der Waals surface area contributed by atoms with Gasteiger partial charge in [-0.25, -0.2) is 19.4 Å². The second-order valence-corrected chi connectivity index (χ2v) is 6.57. The molecule has 6 nitrogen and oxygen atoms in total. The van der Waals surface area contributed by atoms with Crippen LogP contribution in [0, 0.1) is 0 Å². The lowest BCUT2D eigenvalue weighted by Gasteiger charge is -2.04. The van der Waals surface area contributed by atoms with Crippen LogP contribution < -0.4 is 11.5 Å². The van der Waals surface area contributed by atoms with Crippen LogP contribution in [-0.4, -0.2) is 25.0 Å². The summed E-state index contributed by atoms with van der Waals surface area (Å²) in [6.07, 6.45) is 2.63. The van der Waals surface area contributed by atoms with Crippen LogP contribution in [0.2, 0.25) is 5.02 Å². The minimum Gasteiger partial charge on any atom is -0.335 e. The highest BCUT2D eigenvalue weighted by atomic mass is 35.5. The van der Waals surface area contributed by atoms with Gasteiger partial charge >= 0.3 is 5.69 Å². The minimum atomic E-state index is -0.318. The van der Waals surface area contributed by atoms with Crippen molar-refractivity contribution in [1.82, 2.24) is 19.2 Å². The van der Waals surface area contributed by atoms with Crippen molar-refractivity contribution in [3.05, 3.63) is 51.5 Å². The van der Waals surface area contributed by atoms with Crippen molar-refractivity contribution in [2.24, 2.45) is 0 Å². The second kappa shape index (κ2) is 6.64. The molecule has 0 amide bonds. The maximum Gasteiger partial charge on any atom is 0.349 e. The van der Waals surface area contributed by atoms with Crippen LogP contribution in [0.15, 0.2) is 40.4 Å². The van der Waals surface area contributed by atoms with Crippen molar-refractivity contribution in [2.75, 3.05) is 11.6 Å². The van der Waals surface area contributed by atoms with Crippen molar-refractivity contribution in [2.45, 2.75) is 25.0 Å². The highest BCUT2D eigenvalue weighted by Crippen LogP contribution is 2.18. The Bertz CT molecular complexity index is 887. The molecular formula is C15H16ClN5OS. The Morgan fingerprint density at radius 2 is 2.04 bits per heavy atom. The van der Waals surface area contributed by atoms with Crippen molar-refractivity contribution in [1.29, 1.82) is 0 Å². The van der Waals surface area contributed by atoms with Gasteiger partial charge in [0.2, 0.25) is 0 Å². The van der Waals surface area contributed by atoms with E-state index in [1.54, 1.807) is 34.7 Å². The standard InChI is InChI=1S/C15H16ClN5OS/c1-2-7-23-14-18-8-12-13(19-14)20(15(22)21(12)17)9-10-3-5-11(16)6-4-10/h3-6,8H,2,7,9,17H2,1H3. The number of hydrogen-bond acceptors (Lipinski definition) is 5. The van der Waals surface area contributed by atoms with Crippen LogP contribution in [0.4, 0.5) is 0 Å². The summed E-state index contributed by atoms with van der Waals surface area (Å²) < 4.78 is 2.63. The first-order valence-electron chi connectivity index (χ1n) is 7.20. The Balaban J connectivity index is 2.05. The Morgan fingerprint density at radius 1 is 1.30 bits per heavy atom. The molecule has 8 heteroatoms. The quantitative estimate of drug-likeness (QED) is 0.435. The fraction of sp³-hybridized carbons (Fsp3) is 0.267.